The fraction of sp³-hybridized carbons (Fsp3) is 0.625. The molecule has 1 aromatic rings. The molecule has 0 aromatic heterocycles. The van der Waals surface area contributed by atoms with Gasteiger partial charge in [0.05, 0.1) is 6.61 Å². The van der Waals surface area contributed by atoms with Crippen molar-refractivity contribution in [2.75, 3.05) is 11.9 Å². The van der Waals surface area contributed by atoms with Crippen LogP contribution in [0.3, 0.4) is 0 Å². The molecule has 2 nitrogen and oxygen atoms in total. The topological polar surface area (TPSA) is 21.3 Å². The van der Waals surface area contributed by atoms with E-state index in [2.05, 4.69) is 31.3 Å². The van der Waals surface area contributed by atoms with Gasteiger partial charge >= 0.3 is 0 Å². The zero-order valence-electron chi connectivity index (χ0n) is 11.6. The fourth-order valence-electron chi connectivity index (χ4n) is 2.44. The molecule has 2 heteroatoms. The van der Waals surface area contributed by atoms with Gasteiger partial charge in [0, 0.05) is 11.7 Å². The molecule has 18 heavy (non-hydrogen) atoms. The second kappa shape index (κ2) is 6.67. The highest BCUT2D eigenvalue weighted by Gasteiger charge is 2.19. The third-order valence-corrected chi connectivity index (χ3v) is 3.65. The highest BCUT2D eigenvalue weighted by Crippen LogP contribution is 2.31. The molecule has 1 N–H and O–H groups in total. The van der Waals surface area contributed by atoms with E-state index in [1.165, 1.54) is 31.4 Å². The molecule has 0 saturated heterocycles. The molecule has 1 saturated carbocycles. The molecular weight excluding hydrogens is 222 g/mol. The number of rotatable bonds is 7. The van der Waals surface area contributed by atoms with E-state index in [0.29, 0.717) is 6.04 Å². The molecular formula is C16H25NO. The van der Waals surface area contributed by atoms with E-state index < -0.39 is 0 Å². The summed E-state index contributed by atoms with van der Waals surface area (Å²) in [5.74, 6) is 1.92. The first kappa shape index (κ1) is 13.3. The van der Waals surface area contributed by atoms with Gasteiger partial charge in [-0.25, -0.2) is 0 Å². The van der Waals surface area contributed by atoms with Crippen molar-refractivity contribution in [3.8, 4) is 5.75 Å². The summed E-state index contributed by atoms with van der Waals surface area (Å²) in [6.07, 6.45) is 6.64. The highest BCUT2D eigenvalue weighted by molar-refractivity contribution is 5.46. The van der Waals surface area contributed by atoms with Crippen molar-refractivity contribution in [2.45, 2.75) is 52.0 Å². The predicted molar refractivity (Wildman–Crippen MR) is 77.3 cm³/mol. The van der Waals surface area contributed by atoms with E-state index in [4.69, 9.17) is 4.74 Å². The standard InChI is InChI=1S/C16H25NO/c1-3-11-18-16-9-7-15(8-10-16)17-13(2)12-14-5-4-6-14/h7-10,13-14,17H,3-6,11-12H2,1-2H3. The first-order valence-electron chi connectivity index (χ1n) is 7.27. The van der Waals surface area contributed by atoms with Gasteiger partial charge in [0.2, 0.25) is 0 Å². The minimum absolute atomic E-state index is 0.567. The van der Waals surface area contributed by atoms with Crippen molar-refractivity contribution < 1.29 is 4.74 Å². The second-order valence-corrected chi connectivity index (χ2v) is 5.45. The van der Waals surface area contributed by atoms with Crippen molar-refractivity contribution in [3.63, 3.8) is 0 Å². The maximum absolute atomic E-state index is 5.58. The largest absolute Gasteiger partial charge is 0.494 e. The number of ether oxygens (including phenoxy) is 1. The summed E-state index contributed by atoms with van der Waals surface area (Å²) in [7, 11) is 0. The lowest BCUT2D eigenvalue weighted by molar-refractivity contribution is 0.286. The number of anilines is 1. The van der Waals surface area contributed by atoms with E-state index in [0.717, 1.165) is 24.7 Å². The number of hydrogen-bond donors (Lipinski definition) is 1. The molecule has 1 aliphatic carbocycles. The number of benzene rings is 1. The van der Waals surface area contributed by atoms with Gasteiger partial charge in [0.15, 0.2) is 0 Å². The van der Waals surface area contributed by atoms with Crippen LogP contribution in [0.4, 0.5) is 5.69 Å². The normalized spacial score (nSPS) is 17.0. The summed E-state index contributed by atoms with van der Waals surface area (Å²) < 4.78 is 5.58. The average molecular weight is 247 g/mol. The van der Waals surface area contributed by atoms with Gasteiger partial charge in [0.1, 0.15) is 5.75 Å². The van der Waals surface area contributed by atoms with Crippen LogP contribution in [0, 0.1) is 5.92 Å². The molecule has 0 radical (unpaired) electrons. The van der Waals surface area contributed by atoms with Crippen molar-refractivity contribution in [1.29, 1.82) is 0 Å². The Morgan fingerprint density at radius 1 is 1.28 bits per heavy atom. The first-order chi connectivity index (χ1) is 8.78. The van der Waals surface area contributed by atoms with Gasteiger partial charge in [-0.05, 0) is 49.9 Å². The summed E-state index contributed by atoms with van der Waals surface area (Å²) in [4.78, 5) is 0. The molecule has 0 spiro atoms. The number of hydrogen-bond acceptors (Lipinski definition) is 2. The van der Waals surface area contributed by atoms with Gasteiger partial charge in [-0.1, -0.05) is 26.2 Å². The summed E-state index contributed by atoms with van der Waals surface area (Å²) in [5.41, 5.74) is 1.20. The molecule has 1 aromatic carbocycles. The van der Waals surface area contributed by atoms with Gasteiger partial charge < -0.3 is 10.1 Å². The summed E-state index contributed by atoms with van der Waals surface area (Å²) in [6, 6.07) is 8.89. The molecule has 0 aliphatic heterocycles. The summed E-state index contributed by atoms with van der Waals surface area (Å²) in [5, 5.41) is 3.57. The highest BCUT2D eigenvalue weighted by atomic mass is 16.5. The minimum Gasteiger partial charge on any atom is -0.494 e. The van der Waals surface area contributed by atoms with E-state index in [-0.39, 0.29) is 0 Å². The quantitative estimate of drug-likeness (QED) is 0.767. The Hall–Kier alpha value is -1.18. The maximum Gasteiger partial charge on any atom is 0.119 e. The molecule has 2 rings (SSSR count). The maximum atomic E-state index is 5.58. The molecule has 1 aliphatic rings. The van der Waals surface area contributed by atoms with Crippen LogP contribution in [0.5, 0.6) is 5.75 Å². The monoisotopic (exact) mass is 247 g/mol. The van der Waals surface area contributed by atoms with Gasteiger partial charge in [0.25, 0.3) is 0 Å². The van der Waals surface area contributed by atoms with Crippen molar-refractivity contribution in [3.05, 3.63) is 24.3 Å². The van der Waals surface area contributed by atoms with E-state index in [1.54, 1.807) is 0 Å². The van der Waals surface area contributed by atoms with Crippen molar-refractivity contribution >= 4 is 5.69 Å². The third-order valence-electron chi connectivity index (χ3n) is 3.65. The lowest BCUT2D eigenvalue weighted by Crippen LogP contribution is -2.23. The van der Waals surface area contributed by atoms with Crippen molar-refractivity contribution in [1.82, 2.24) is 0 Å². The molecule has 0 amide bonds. The Balaban J connectivity index is 1.77. The third kappa shape index (κ3) is 3.94. The molecule has 100 valence electrons. The van der Waals surface area contributed by atoms with Crippen LogP contribution < -0.4 is 10.1 Å². The average Bonchev–Trinajstić information content (AvgIpc) is 2.33. The molecule has 1 atom stereocenters. The molecule has 0 heterocycles. The van der Waals surface area contributed by atoms with Crippen LogP contribution in [0.15, 0.2) is 24.3 Å². The second-order valence-electron chi connectivity index (χ2n) is 5.45. The van der Waals surface area contributed by atoms with Crippen LogP contribution in [-0.2, 0) is 0 Å². The van der Waals surface area contributed by atoms with Crippen LogP contribution in [-0.4, -0.2) is 12.6 Å². The molecule has 0 bridgehead atoms. The van der Waals surface area contributed by atoms with E-state index in [1.807, 2.05) is 12.1 Å². The Bertz CT molecular complexity index is 343. The van der Waals surface area contributed by atoms with Gasteiger partial charge in [-0.15, -0.1) is 0 Å². The zero-order chi connectivity index (χ0) is 12.8. The predicted octanol–water partition coefficient (Wildman–Crippen LogP) is 4.47. The Kier molecular flexibility index (Phi) is 4.91. The SMILES string of the molecule is CCCOc1ccc(NC(C)CC2CCC2)cc1. The van der Waals surface area contributed by atoms with Gasteiger partial charge in [-0.2, -0.15) is 0 Å². The molecule has 1 fully saturated rings. The first-order valence-corrected chi connectivity index (χ1v) is 7.27. The van der Waals surface area contributed by atoms with Crippen molar-refractivity contribution in [2.24, 2.45) is 5.92 Å². The summed E-state index contributed by atoms with van der Waals surface area (Å²) in [6.45, 7) is 5.20. The Morgan fingerprint density at radius 3 is 2.56 bits per heavy atom. The lowest BCUT2D eigenvalue weighted by atomic mass is 9.81. The number of nitrogens with one attached hydrogen (secondary N) is 1. The van der Waals surface area contributed by atoms with Crippen LogP contribution in [0.1, 0.15) is 46.0 Å². The Labute approximate surface area is 111 Å². The van der Waals surface area contributed by atoms with Crippen LogP contribution in [0.2, 0.25) is 0 Å². The lowest BCUT2D eigenvalue weighted by Gasteiger charge is -2.28. The zero-order valence-corrected chi connectivity index (χ0v) is 11.6. The van der Waals surface area contributed by atoms with Crippen LogP contribution >= 0.6 is 0 Å². The molecule has 1 unspecified atom stereocenters. The minimum atomic E-state index is 0.567. The fourth-order valence-corrected chi connectivity index (χ4v) is 2.44. The smallest absolute Gasteiger partial charge is 0.119 e. The van der Waals surface area contributed by atoms with Crippen LogP contribution in [0.25, 0.3) is 0 Å². The van der Waals surface area contributed by atoms with E-state index >= 15 is 0 Å². The van der Waals surface area contributed by atoms with Gasteiger partial charge in [-0.3, -0.25) is 0 Å². The van der Waals surface area contributed by atoms with E-state index in [9.17, 15) is 0 Å². The Morgan fingerprint density at radius 2 is 2.00 bits per heavy atom. The summed E-state index contributed by atoms with van der Waals surface area (Å²) >= 11 is 0.